The van der Waals surface area contributed by atoms with Crippen LogP contribution in [0.2, 0.25) is 0 Å². The van der Waals surface area contributed by atoms with Gasteiger partial charge >= 0.3 is 0 Å². The van der Waals surface area contributed by atoms with E-state index in [4.69, 9.17) is 9.47 Å². The second-order valence-corrected chi connectivity index (χ2v) is 6.25. The van der Waals surface area contributed by atoms with Crippen molar-refractivity contribution in [3.63, 3.8) is 0 Å². The van der Waals surface area contributed by atoms with Crippen molar-refractivity contribution in [1.29, 1.82) is 0 Å². The average molecular weight is 362 g/mol. The lowest BCUT2D eigenvalue weighted by atomic mass is 10.1. The number of carbonyl (C=O) groups is 1. The van der Waals surface area contributed by atoms with Gasteiger partial charge in [-0.15, -0.1) is 10.2 Å². The van der Waals surface area contributed by atoms with Crippen LogP contribution in [0.15, 0.2) is 48.5 Å². The van der Waals surface area contributed by atoms with Gasteiger partial charge in [0.15, 0.2) is 23.1 Å². The third-order valence-corrected chi connectivity index (χ3v) is 4.32. The minimum absolute atomic E-state index is 0.219. The van der Waals surface area contributed by atoms with E-state index in [1.165, 1.54) is 0 Å². The third-order valence-electron chi connectivity index (χ3n) is 4.32. The molecule has 0 fully saturated rings. The predicted molar refractivity (Wildman–Crippen MR) is 102 cm³/mol. The standard InChI is InChI=1S/C20H18N4O3/c1-12-3-4-14(9-13(12)2)20(25)22-19-8-7-18(23-24-19)21-15-5-6-16-17(10-15)27-11-26-16/h3-10H,11H2,1-2H3,(H,21,23)(H,22,24,25). The van der Waals surface area contributed by atoms with Crippen molar-refractivity contribution >= 4 is 23.2 Å². The molecule has 1 aromatic heterocycles. The monoisotopic (exact) mass is 362 g/mol. The van der Waals surface area contributed by atoms with Gasteiger partial charge in [-0.2, -0.15) is 0 Å². The smallest absolute Gasteiger partial charge is 0.256 e. The minimum Gasteiger partial charge on any atom is -0.454 e. The van der Waals surface area contributed by atoms with E-state index in [2.05, 4.69) is 20.8 Å². The lowest BCUT2D eigenvalue weighted by Crippen LogP contribution is -2.13. The highest BCUT2D eigenvalue weighted by atomic mass is 16.7. The average Bonchev–Trinajstić information content (AvgIpc) is 3.13. The van der Waals surface area contributed by atoms with Crippen LogP contribution >= 0.6 is 0 Å². The summed E-state index contributed by atoms with van der Waals surface area (Å²) in [6.07, 6.45) is 0. The largest absolute Gasteiger partial charge is 0.454 e. The van der Waals surface area contributed by atoms with E-state index in [1.54, 1.807) is 18.2 Å². The summed E-state index contributed by atoms with van der Waals surface area (Å²) in [5, 5.41) is 14.0. The Bertz CT molecular complexity index is 1000. The molecule has 0 aliphatic carbocycles. The molecule has 3 aromatic rings. The molecule has 1 aliphatic heterocycles. The van der Waals surface area contributed by atoms with Gasteiger partial charge in [0.2, 0.25) is 6.79 Å². The number of rotatable bonds is 4. The molecule has 0 saturated carbocycles. The molecular formula is C20H18N4O3. The van der Waals surface area contributed by atoms with Crippen molar-refractivity contribution in [2.24, 2.45) is 0 Å². The number of nitrogens with zero attached hydrogens (tertiary/aromatic N) is 2. The summed E-state index contributed by atoms with van der Waals surface area (Å²) in [7, 11) is 0. The Hall–Kier alpha value is -3.61. The Kier molecular flexibility index (Phi) is 4.33. The van der Waals surface area contributed by atoms with Gasteiger partial charge in [-0.25, -0.2) is 0 Å². The minimum atomic E-state index is -0.219. The summed E-state index contributed by atoms with van der Waals surface area (Å²) >= 11 is 0. The van der Waals surface area contributed by atoms with Crippen molar-refractivity contribution in [3.8, 4) is 11.5 Å². The van der Waals surface area contributed by atoms with Crippen LogP contribution in [-0.2, 0) is 0 Å². The summed E-state index contributed by atoms with van der Waals surface area (Å²) in [5.41, 5.74) is 3.60. The number of aromatic nitrogens is 2. The number of nitrogens with one attached hydrogen (secondary N) is 2. The molecule has 0 saturated heterocycles. The molecule has 0 atom stereocenters. The lowest BCUT2D eigenvalue weighted by Gasteiger charge is -2.08. The Morgan fingerprint density at radius 1 is 0.889 bits per heavy atom. The van der Waals surface area contributed by atoms with Crippen LogP contribution in [0.1, 0.15) is 21.5 Å². The van der Waals surface area contributed by atoms with Gasteiger partial charge in [0, 0.05) is 17.3 Å². The highest BCUT2D eigenvalue weighted by molar-refractivity contribution is 6.03. The maximum Gasteiger partial charge on any atom is 0.256 e. The summed E-state index contributed by atoms with van der Waals surface area (Å²) in [5.74, 6) is 2.12. The zero-order valence-corrected chi connectivity index (χ0v) is 14.9. The van der Waals surface area contributed by atoms with Gasteiger partial charge in [-0.05, 0) is 61.4 Å². The zero-order chi connectivity index (χ0) is 18.8. The number of anilines is 3. The first-order valence-corrected chi connectivity index (χ1v) is 8.47. The number of aryl methyl sites for hydroxylation is 2. The fraction of sp³-hybridized carbons (Fsp3) is 0.150. The number of fused-ring (bicyclic) bond motifs is 1. The molecule has 0 spiro atoms. The summed E-state index contributed by atoms with van der Waals surface area (Å²) in [6.45, 7) is 4.21. The lowest BCUT2D eigenvalue weighted by molar-refractivity contribution is 0.102. The second kappa shape index (κ2) is 6.95. The first kappa shape index (κ1) is 16.8. The molecule has 2 heterocycles. The van der Waals surface area contributed by atoms with Crippen LogP contribution in [0, 0.1) is 13.8 Å². The van der Waals surface area contributed by atoms with E-state index >= 15 is 0 Å². The molecule has 7 nitrogen and oxygen atoms in total. The van der Waals surface area contributed by atoms with Crippen molar-refractivity contribution < 1.29 is 14.3 Å². The van der Waals surface area contributed by atoms with E-state index in [0.717, 1.165) is 22.6 Å². The summed E-state index contributed by atoms with van der Waals surface area (Å²) in [4.78, 5) is 12.3. The molecule has 0 radical (unpaired) electrons. The van der Waals surface area contributed by atoms with E-state index in [-0.39, 0.29) is 12.7 Å². The Labute approximate surface area is 156 Å². The number of benzene rings is 2. The maximum absolute atomic E-state index is 12.3. The molecule has 1 amide bonds. The van der Waals surface area contributed by atoms with Crippen LogP contribution < -0.4 is 20.1 Å². The predicted octanol–water partition coefficient (Wildman–Crippen LogP) is 3.82. The van der Waals surface area contributed by atoms with Gasteiger partial charge in [0.25, 0.3) is 5.91 Å². The van der Waals surface area contributed by atoms with E-state index < -0.39 is 0 Å². The number of ether oxygens (including phenoxy) is 2. The summed E-state index contributed by atoms with van der Waals surface area (Å²) in [6, 6.07) is 14.5. The summed E-state index contributed by atoms with van der Waals surface area (Å²) < 4.78 is 10.6. The maximum atomic E-state index is 12.3. The van der Waals surface area contributed by atoms with Crippen LogP contribution in [0.25, 0.3) is 0 Å². The number of hydrogen-bond acceptors (Lipinski definition) is 6. The highest BCUT2D eigenvalue weighted by Crippen LogP contribution is 2.34. The van der Waals surface area contributed by atoms with Gasteiger partial charge in [0.1, 0.15) is 0 Å². The van der Waals surface area contributed by atoms with Gasteiger partial charge in [-0.1, -0.05) is 6.07 Å². The van der Waals surface area contributed by atoms with Crippen molar-refractivity contribution in [1.82, 2.24) is 10.2 Å². The molecule has 27 heavy (non-hydrogen) atoms. The molecule has 7 heteroatoms. The van der Waals surface area contributed by atoms with E-state index in [9.17, 15) is 4.79 Å². The van der Waals surface area contributed by atoms with Gasteiger partial charge in [0.05, 0.1) is 0 Å². The fourth-order valence-corrected chi connectivity index (χ4v) is 2.66. The quantitative estimate of drug-likeness (QED) is 0.734. The molecule has 4 rings (SSSR count). The van der Waals surface area contributed by atoms with E-state index in [1.807, 2.05) is 44.2 Å². The third kappa shape index (κ3) is 3.67. The molecule has 1 aliphatic rings. The van der Waals surface area contributed by atoms with Crippen LogP contribution in [-0.4, -0.2) is 22.9 Å². The molecule has 0 bridgehead atoms. The topological polar surface area (TPSA) is 85.4 Å². The number of hydrogen-bond donors (Lipinski definition) is 2. The zero-order valence-electron chi connectivity index (χ0n) is 14.9. The van der Waals surface area contributed by atoms with Crippen LogP contribution in [0.5, 0.6) is 11.5 Å². The SMILES string of the molecule is Cc1ccc(C(=O)Nc2ccc(Nc3ccc4c(c3)OCO4)nn2)cc1C. The molecular weight excluding hydrogens is 344 g/mol. The van der Waals surface area contributed by atoms with Crippen LogP contribution in [0.3, 0.4) is 0 Å². The Balaban J connectivity index is 1.42. The first-order valence-electron chi connectivity index (χ1n) is 8.47. The molecule has 136 valence electrons. The van der Waals surface area contributed by atoms with Crippen LogP contribution in [0.4, 0.5) is 17.3 Å². The van der Waals surface area contributed by atoms with E-state index in [0.29, 0.717) is 22.9 Å². The molecule has 2 aromatic carbocycles. The van der Waals surface area contributed by atoms with Crippen molar-refractivity contribution in [2.75, 3.05) is 17.4 Å². The molecule has 2 N–H and O–H groups in total. The number of amides is 1. The fourth-order valence-electron chi connectivity index (χ4n) is 2.66. The highest BCUT2D eigenvalue weighted by Gasteiger charge is 2.13. The van der Waals surface area contributed by atoms with Crippen molar-refractivity contribution in [2.45, 2.75) is 13.8 Å². The van der Waals surface area contributed by atoms with Crippen molar-refractivity contribution in [3.05, 3.63) is 65.2 Å². The second-order valence-electron chi connectivity index (χ2n) is 6.25. The normalized spacial score (nSPS) is 11.9. The van der Waals surface area contributed by atoms with Gasteiger partial charge in [-0.3, -0.25) is 4.79 Å². The Morgan fingerprint density at radius 3 is 2.44 bits per heavy atom. The number of carbonyl (C=O) groups excluding carboxylic acids is 1. The van der Waals surface area contributed by atoms with Gasteiger partial charge < -0.3 is 20.1 Å². The Morgan fingerprint density at radius 2 is 1.67 bits per heavy atom. The molecule has 0 unspecified atom stereocenters. The first-order chi connectivity index (χ1) is 13.1.